The van der Waals surface area contributed by atoms with E-state index >= 15 is 0 Å². The number of nitrogens with one attached hydrogen (secondary N) is 1. The molecule has 2 fully saturated rings. The number of amides is 1. The van der Waals surface area contributed by atoms with Crippen LogP contribution in [0.1, 0.15) is 12.8 Å². The van der Waals surface area contributed by atoms with Crippen molar-refractivity contribution >= 4 is 12.1 Å². The van der Waals surface area contributed by atoms with Crippen molar-refractivity contribution in [2.24, 2.45) is 5.92 Å². The molecule has 1 aliphatic carbocycles. The summed E-state index contributed by atoms with van der Waals surface area (Å²) in [5.41, 5.74) is 0. The molecule has 5 heteroatoms. The maximum atomic E-state index is 11.1. The third-order valence-corrected chi connectivity index (χ3v) is 2.60. The van der Waals surface area contributed by atoms with E-state index in [-0.39, 0.29) is 30.1 Å². The molecule has 1 aliphatic heterocycles. The fourth-order valence-corrected chi connectivity index (χ4v) is 1.96. The summed E-state index contributed by atoms with van der Waals surface area (Å²) in [7, 11) is 1.37. The van der Waals surface area contributed by atoms with Crippen molar-refractivity contribution in [2.75, 3.05) is 7.11 Å². The first-order chi connectivity index (χ1) is 6.20. The van der Waals surface area contributed by atoms with Gasteiger partial charge in [0.05, 0.1) is 19.1 Å². The van der Waals surface area contributed by atoms with Crippen LogP contribution in [-0.2, 0) is 14.3 Å². The highest BCUT2D eigenvalue weighted by atomic mass is 16.6. The van der Waals surface area contributed by atoms with Gasteiger partial charge in [-0.25, -0.2) is 4.79 Å². The minimum atomic E-state index is -0.377. The van der Waals surface area contributed by atoms with E-state index < -0.39 is 0 Å². The molecule has 0 aromatic carbocycles. The highest BCUT2D eigenvalue weighted by Crippen LogP contribution is 2.32. The molecule has 2 aliphatic rings. The SMILES string of the molecule is COC(=O)[C@@H]1C[C@@H]2NC(=O)O[C@@H]2C1. The Morgan fingerprint density at radius 3 is 3.00 bits per heavy atom. The first kappa shape index (κ1) is 8.34. The van der Waals surface area contributed by atoms with Gasteiger partial charge in [0.1, 0.15) is 6.10 Å². The van der Waals surface area contributed by atoms with Gasteiger partial charge in [0.25, 0.3) is 0 Å². The van der Waals surface area contributed by atoms with Crippen molar-refractivity contribution in [1.29, 1.82) is 0 Å². The van der Waals surface area contributed by atoms with Crippen molar-refractivity contribution in [1.82, 2.24) is 5.32 Å². The van der Waals surface area contributed by atoms with Gasteiger partial charge in [-0.05, 0) is 12.8 Å². The van der Waals surface area contributed by atoms with Crippen LogP contribution in [0.2, 0.25) is 0 Å². The molecular formula is C8H11NO4. The monoisotopic (exact) mass is 185 g/mol. The van der Waals surface area contributed by atoms with E-state index in [0.29, 0.717) is 12.8 Å². The van der Waals surface area contributed by atoms with Gasteiger partial charge in [0, 0.05) is 0 Å². The van der Waals surface area contributed by atoms with E-state index in [0.717, 1.165) is 0 Å². The quantitative estimate of drug-likeness (QED) is 0.586. The van der Waals surface area contributed by atoms with Crippen molar-refractivity contribution in [3.63, 3.8) is 0 Å². The molecule has 3 atom stereocenters. The number of hydrogen-bond donors (Lipinski definition) is 1. The lowest BCUT2D eigenvalue weighted by atomic mass is 10.1. The van der Waals surface area contributed by atoms with Crippen molar-refractivity contribution in [3.8, 4) is 0 Å². The van der Waals surface area contributed by atoms with Crippen LogP contribution in [0.3, 0.4) is 0 Å². The molecule has 5 nitrogen and oxygen atoms in total. The number of carbonyl (C=O) groups is 2. The van der Waals surface area contributed by atoms with E-state index in [2.05, 4.69) is 10.1 Å². The van der Waals surface area contributed by atoms with E-state index in [9.17, 15) is 9.59 Å². The molecule has 0 bridgehead atoms. The number of carbonyl (C=O) groups excluding carboxylic acids is 2. The summed E-state index contributed by atoms with van der Waals surface area (Å²) in [5.74, 6) is -0.340. The first-order valence-corrected chi connectivity index (χ1v) is 4.25. The summed E-state index contributed by atoms with van der Waals surface area (Å²) in [4.78, 5) is 21.9. The molecule has 0 aromatic rings. The molecular weight excluding hydrogens is 174 g/mol. The van der Waals surface area contributed by atoms with Gasteiger partial charge in [0.15, 0.2) is 0 Å². The Kier molecular flexibility index (Phi) is 1.86. The third-order valence-electron chi connectivity index (χ3n) is 2.60. The van der Waals surface area contributed by atoms with Gasteiger partial charge in [-0.3, -0.25) is 4.79 Å². The van der Waals surface area contributed by atoms with Crippen molar-refractivity contribution in [2.45, 2.75) is 25.0 Å². The zero-order chi connectivity index (χ0) is 9.42. The van der Waals surface area contributed by atoms with Gasteiger partial charge in [-0.15, -0.1) is 0 Å². The molecule has 72 valence electrons. The second-order valence-corrected chi connectivity index (χ2v) is 3.39. The highest BCUT2D eigenvalue weighted by molar-refractivity contribution is 5.75. The molecule has 1 saturated heterocycles. The lowest BCUT2D eigenvalue weighted by Gasteiger charge is -2.07. The normalized spacial score (nSPS) is 36.4. The second kappa shape index (κ2) is 2.90. The van der Waals surface area contributed by atoms with Crippen LogP contribution in [0.4, 0.5) is 4.79 Å². The van der Waals surface area contributed by atoms with Crippen LogP contribution in [0.15, 0.2) is 0 Å². The minimum absolute atomic E-state index is 0.00315. The summed E-state index contributed by atoms with van der Waals surface area (Å²) in [6, 6.07) is -0.00315. The number of methoxy groups -OCH3 is 1. The zero-order valence-corrected chi connectivity index (χ0v) is 7.28. The Morgan fingerprint density at radius 2 is 2.38 bits per heavy atom. The molecule has 0 unspecified atom stereocenters. The molecule has 1 N–H and O–H groups in total. The molecule has 13 heavy (non-hydrogen) atoms. The van der Waals surface area contributed by atoms with Gasteiger partial charge >= 0.3 is 12.1 Å². The number of fused-ring (bicyclic) bond motifs is 1. The number of esters is 1. The van der Waals surface area contributed by atoms with E-state index in [1.165, 1.54) is 7.11 Å². The Morgan fingerprint density at radius 1 is 1.62 bits per heavy atom. The molecule has 1 heterocycles. The standard InChI is InChI=1S/C8H11NO4/c1-12-7(10)4-2-5-6(3-4)13-8(11)9-5/h4-6H,2-3H2,1H3,(H,9,11)/t4-,5+,6-/m1/s1. The second-order valence-electron chi connectivity index (χ2n) is 3.39. The van der Waals surface area contributed by atoms with E-state index in [1.807, 2.05) is 0 Å². The Balaban J connectivity index is 1.97. The fourth-order valence-electron chi connectivity index (χ4n) is 1.96. The average molecular weight is 185 g/mol. The predicted octanol–water partition coefficient (Wildman–Crippen LogP) is 0.0464. The molecule has 0 radical (unpaired) electrons. The summed E-state index contributed by atoms with van der Waals surface area (Å²) in [6.45, 7) is 0. The lowest BCUT2D eigenvalue weighted by molar-refractivity contribution is -0.145. The predicted molar refractivity (Wildman–Crippen MR) is 41.9 cm³/mol. The highest BCUT2D eigenvalue weighted by Gasteiger charge is 2.45. The summed E-state index contributed by atoms with van der Waals surface area (Å²) >= 11 is 0. The van der Waals surface area contributed by atoms with Crippen LogP contribution in [0, 0.1) is 5.92 Å². The fraction of sp³-hybridized carbons (Fsp3) is 0.750. The smallest absolute Gasteiger partial charge is 0.407 e. The number of hydrogen-bond acceptors (Lipinski definition) is 4. The van der Waals surface area contributed by atoms with Gasteiger partial charge < -0.3 is 14.8 Å². The summed E-state index contributed by atoms with van der Waals surface area (Å²) < 4.78 is 9.57. The largest absolute Gasteiger partial charge is 0.469 e. The van der Waals surface area contributed by atoms with Crippen LogP contribution >= 0.6 is 0 Å². The first-order valence-electron chi connectivity index (χ1n) is 4.25. The molecule has 0 aromatic heterocycles. The van der Waals surface area contributed by atoms with Crippen molar-refractivity contribution in [3.05, 3.63) is 0 Å². The Bertz CT molecular complexity index is 237. The van der Waals surface area contributed by atoms with E-state index in [1.54, 1.807) is 0 Å². The topological polar surface area (TPSA) is 64.6 Å². The zero-order valence-electron chi connectivity index (χ0n) is 7.28. The molecule has 1 saturated carbocycles. The van der Waals surface area contributed by atoms with Gasteiger partial charge in [0.2, 0.25) is 0 Å². The average Bonchev–Trinajstić information content (AvgIpc) is 2.59. The number of ether oxygens (including phenoxy) is 2. The molecule has 1 amide bonds. The van der Waals surface area contributed by atoms with Gasteiger partial charge in [-0.1, -0.05) is 0 Å². The van der Waals surface area contributed by atoms with E-state index in [4.69, 9.17) is 4.74 Å². The van der Waals surface area contributed by atoms with Crippen LogP contribution in [0.25, 0.3) is 0 Å². The van der Waals surface area contributed by atoms with Crippen molar-refractivity contribution < 1.29 is 19.1 Å². The van der Waals surface area contributed by atoms with Crippen LogP contribution < -0.4 is 5.32 Å². The summed E-state index contributed by atoms with van der Waals surface area (Å²) in [6.07, 6.45) is 0.689. The van der Waals surface area contributed by atoms with Crippen LogP contribution in [-0.4, -0.2) is 31.3 Å². The minimum Gasteiger partial charge on any atom is -0.469 e. The maximum Gasteiger partial charge on any atom is 0.407 e. The lowest BCUT2D eigenvalue weighted by Crippen LogP contribution is -2.27. The number of rotatable bonds is 1. The maximum absolute atomic E-state index is 11.1. The van der Waals surface area contributed by atoms with Crippen LogP contribution in [0.5, 0.6) is 0 Å². The molecule has 2 rings (SSSR count). The summed E-state index contributed by atoms with van der Waals surface area (Å²) in [5, 5.41) is 2.66. The Labute approximate surface area is 75.4 Å². The third kappa shape index (κ3) is 1.34. The van der Waals surface area contributed by atoms with Gasteiger partial charge in [-0.2, -0.15) is 0 Å². The Hall–Kier alpha value is -1.26. The number of alkyl carbamates (subject to hydrolysis) is 1. The molecule has 0 spiro atoms.